The molecule has 0 radical (unpaired) electrons. The Morgan fingerprint density at radius 2 is 1.07 bits per heavy atom. The summed E-state index contributed by atoms with van der Waals surface area (Å²) >= 11 is 0. The fourth-order valence-corrected chi connectivity index (χ4v) is 6.43. The van der Waals surface area contributed by atoms with E-state index in [0.717, 1.165) is 55.0 Å². The zero-order chi connectivity index (χ0) is 26.9. The van der Waals surface area contributed by atoms with Crippen LogP contribution in [0.25, 0.3) is 77.3 Å². The van der Waals surface area contributed by atoms with Gasteiger partial charge in [0, 0.05) is 27.1 Å². The van der Waals surface area contributed by atoms with Crippen LogP contribution in [0, 0.1) is 0 Å². The van der Waals surface area contributed by atoms with E-state index in [1.165, 1.54) is 33.4 Å². The Morgan fingerprint density at radius 3 is 1.98 bits per heavy atom. The van der Waals surface area contributed by atoms with Gasteiger partial charge in [0.2, 0.25) is 0 Å². The lowest BCUT2D eigenvalue weighted by atomic mass is 9.90. The molecule has 3 heterocycles. The Morgan fingerprint density at radius 1 is 0.390 bits per heavy atom. The Hall–Kier alpha value is -5.12. The zero-order valence-electron chi connectivity index (χ0n) is 22.2. The molecule has 0 atom stereocenters. The molecule has 41 heavy (non-hydrogen) atoms. The number of hydrogen-bond donors (Lipinski definition) is 0. The van der Waals surface area contributed by atoms with Gasteiger partial charge in [0.05, 0.1) is 13.2 Å². The second kappa shape index (κ2) is 8.69. The molecule has 0 bridgehead atoms. The van der Waals surface area contributed by atoms with Crippen LogP contribution in [0.5, 0.6) is 0 Å². The van der Waals surface area contributed by atoms with E-state index in [4.69, 9.17) is 13.6 Å². The van der Waals surface area contributed by atoms with Gasteiger partial charge in [0.15, 0.2) is 0 Å². The number of para-hydroxylation sites is 3. The van der Waals surface area contributed by atoms with Crippen LogP contribution in [0.1, 0.15) is 11.1 Å². The number of hydrogen-bond acceptors (Lipinski definition) is 3. The molecule has 6 aromatic carbocycles. The Labute approximate surface area is 236 Å². The van der Waals surface area contributed by atoms with Gasteiger partial charge in [-0.05, 0) is 75.3 Å². The highest BCUT2D eigenvalue weighted by Gasteiger charge is 2.19. The van der Waals surface area contributed by atoms with Crippen molar-refractivity contribution >= 4 is 43.9 Å². The van der Waals surface area contributed by atoms with Crippen molar-refractivity contribution in [2.24, 2.45) is 0 Å². The Kier molecular flexibility index (Phi) is 4.80. The minimum Gasteiger partial charge on any atom is -0.456 e. The third-order valence-corrected chi connectivity index (χ3v) is 8.45. The largest absolute Gasteiger partial charge is 0.456 e. The van der Waals surface area contributed by atoms with Crippen LogP contribution in [0.3, 0.4) is 0 Å². The van der Waals surface area contributed by atoms with Crippen molar-refractivity contribution in [3.05, 3.63) is 132 Å². The monoisotopic (exact) mass is 528 g/mol. The average molecular weight is 529 g/mol. The summed E-state index contributed by atoms with van der Waals surface area (Å²) in [6.45, 7) is 1.16. The summed E-state index contributed by atoms with van der Waals surface area (Å²) in [5.41, 5.74) is 13.1. The van der Waals surface area contributed by atoms with Gasteiger partial charge in [-0.2, -0.15) is 0 Å². The maximum absolute atomic E-state index is 6.36. The number of rotatable bonds is 2. The van der Waals surface area contributed by atoms with Crippen LogP contribution >= 0.6 is 0 Å². The summed E-state index contributed by atoms with van der Waals surface area (Å²) in [6.07, 6.45) is 0. The van der Waals surface area contributed by atoms with Gasteiger partial charge < -0.3 is 13.6 Å². The SMILES string of the molecule is c1ccc2c(c1)oc1ccc(-c3ccc4c(c3)COCc3ccc(-c5cccc6c5oc5ccccc56)cc3-4)cc12. The van der Waals surface area contributed by atoms with E-state index in [0.29, 0.717) is 13.2 Å². The summed E-state index contributed by atoms with van der Waals surface area (Å²) in [5, 5.41) is 4.57. The van der Waals surface area contributed by atoms with Crippen molar-refractivity contribution in [3.8, 4) is 33.4 Å². The third kappa shape index (κ3) is 3.49. The lowest BCUT2D eigenvalue weighted by molar-refractivity contribution is 0.110. The topological polar surface area (TPSA) is 35.5 Å². The van der Waals surface area contributed by atoms with Crippen LogP contribution in [0.4, 0.5) is 0 Å². The van der Waals surface area contributed by atoms with Crippen LogP contribution in [-0.4, -0.2) is 0 Å². The number of fused-ring (bicyclic) bond motifs is 9. The van der Waals surface area contributed by atoms with Gasteiger partial charge in [-0.3, -0.25) is 0 Å². The normalized spacial score (nSPS) is 13.1. The summed E-state index contributed by atoms with van der Waals surface area (Å²) in [7, 11) is 0. The molecular formula is C38H24O3. The van der Waals surface area contributed by atoms with Gasteiger partial charge in [0.1, 0.15) is 22.3 Å². The number of furan rings is 2. The molecule has 3 nitrogen and oxygen atoms in total. The minimum absolute atomic E-state index is 0.573. The first-order valence-electron chi connectivity index (χ1n) is 14.0. The maximum Gasteiger partial charge on any atom is 0.143 e. The lowest BCUT2D eigenvalue weighted by Gasteiger charge is -2.13. The second-order valence-electron chi connectivity index (χ2n) is 10.8. The van der Waals surface area contributed by atoms with E-state index in [1.54, 1.807) is 0 Å². The number of ether oxygens (including phenoxy) is 1. The molecule has 0 unspecified atom stereocenters. The fraction of sp³-hybridized carbons (Fsp3) is 0.0526. The van der Waals surface area contributed by atoms with Crippen molar-refractivity contribution in [3.63, 3.8) is 0 Å². The molecule has 0 aliphatic carbocycles. The van der Waals surface area contributed by atoms with Gasteiger partial charge in [-0.1, -0.05) is 84.9 Å². The highest BCUT2D eigenvalue weighted by molar-refractivity contribution is 6.10. The highest BCUT2D eigenvalue weighted by Crippen LogP contribution is 2.41. The Balaban J connectivity index is 1.17. The molecule has 0 amide bonds. The lowest BCUT2D eigenvalue weighted by Crippen LogP contribution is -1.91. The molecule has 3 heteroatoms. The van der Waals surface area contributed by atoms with Crippen LogP contribution in [0.15, 0.2) is 130 Å². The summed E-state index contributed by atoms with van der Waals surface area (Å²) in [5.74, 6) is 0. The van der Waals surface area contributed by atoms with Crippen molar-refractivity contribution in [2.45, 2.75) is 13.2 Å². The fourth-order valence-electron chi connectivity index (χ4n) is 6.43. The van der Waals surface area contributed by atoms with Crippen molar-refractivity contribution < 1.29 is 13.6 Å². The predicted octanol–water partition coefficient (Wildman–Crippen LogP) is 10.5. The van der Waals surface area contributed by atoms with Crippen molar-refractivity contribution in [1.82, 2.24) is 0 Å². The molecule has 194 valence electrons. The zero-order valence-corrected chi connectivity index (χ0v) is 22.2. The van der Waals surface area contributed by atoms with E-state index < -0.39 is 0 Å². The van der Waals surface area contributed by atoms with Gasteiger partial charge in [-0.25, -0.2) is 0 Å². The summed E-state index contributed by atoms with van der Waals surface area (Å²) < 4.78 is 18.6. The smallest absolute Gasteiger partial charge is 0.143 e. The van der Waals surface area contributed by atoms with Gasteiger partial charge >= 0.3 is 0 Å². The molecule has 0 saturated heterocycles. The maximum atomic E-state index is 6.36. The van der Waals surface area contributed by atoms with Gasteiger partial charge in [-0.15, -0.1) is 0 Å². The first-order valence-corrected chi connectivity index (χ1v) is 14.0. The molecule has 0 saturated carbocycles. The molecule has 1 aliphatic rings. The molecule has 2 aromatic heterocycles. The van der Waals surface area contributed by atoms with Crippen LogP contribution in [-0.2, 0) is 18.0 Å². The Bertz CT molecular complexity index is 2300. The standard InChI is InChI=1S/C38H24O3/c1-4-11-36-30(6-1)32-9-5-8-29(38(32)41-36)25-12-13-26-21-39-22-27-18-23(14-16-28(27)33(26)20-25)24-15-17-37-34(19-24)31-7-2-3-10-35(31)40-37/h1-20H,21-22H2. The van der Waals surface area contributed by atoms with Crippen molar-refractivity contribution in [1.29, 1.82) is 0 Å². The molecule has 0 N–H and O–H groups in total. The molecule has 9 rings (SSSR count). The molecular weight excluding hydrogens is 504 g/mol. The predicted molar refractivity (Wildman–Crippen MR) is 166 cm³/mol. The minimum atomic E-state index is 0.573. The van der Waals surface area contributed by atoms with Crippen molar-refractivity contribution in [2.75, 3.05) is 0 Å². The first-order chi connectivity index (χ1) is 20.3. The number of benzene rings is 6. The van der Waals surface area contributed by atoms with E-state index >= 15 is 0 Å². The van der Waals surface area contributed by atoms with E-state index in [1.807, 2.05) is 24.3 Å². The molecule has 8 aromatic rings. The summed E-state index contributed by atoms with van der Waals surface area (Å²) in [4.78, 5) is 0. The highest BCUT2D eigenvalue weighted by atomic mass is 16.5. The first kappa shape index (κ1) is 22.7. The third-order valence-electron chi connectivity index (χ3n) is 8.45. The van der Waals surface area contributed by atoms with E-state index in [9.17, 15) is 0 Å². The van der Waals surface area contributed by atoms with Gasteiger partial charge in [0.25, 0.3) is 0 Å². The van der Waals surface area contributed by atoms with E-state index in [2.05, 4.69) is 97.1 Å². The molecule has 1 aliphatic heterocycles. The van der Waals surface area contributed by atoms with Crippen LogP contribution in [0.2, 0.25) is 0 Å². The van der Waals surface area contributed by atoms with E-state index in [-0.39, 0.29) is 0 Å². The molecule has 0 spiro atoms. The van der Waals surface area contributed by atoms with Crippen LogP contribution < -0.4 is 0 Å². The second-order valence-corrected chi connectivity index (χ2v) is 10.8. The molecule has 0 fully saturated rings. The average Bonchev–Trinajstić information content (AvgIpc) is 3.53. The quantitative estimate of drug-likeness (QED) is 0.224. The summed E-state index contributed by atoms with van der Waals surface area (Å²) in [6, 6.07) is 42.8.